The van der Waals surface area contributed by atoms with Crippen molar-refractivity contribution in [3.63, 3.8) is 0 Å². The highest BCUT2D eigenvalue weighted by Crippen LogP contribution is 2.23. The third-order valence-corrected chi connectivity index (χ3v) is 5.09. The first-order valence-electron chi connectivity index (χ1n) is 8.87. The number of aromatic nitrogens is 3. The Hall–Kier alpha value is -3.34. The van der Waals surface area contributed by atoms with Crippen molar-refractivity contribution in [3.05, 3.63) is 51.1 Å². The third-order valence-electron chi connectivity index (χ3n) is 4.05. The molecule has 10 nitrogen and oxygen atoms in total. The van der Waals surface area contributed by atoms with Crippen LogP contribution in [0.15, 0.2) is 35.5 Å². The summed E-state index contributed by atoms with van der Waals surface area (Å²) < 4.78 is 8.62. The molecule has 0 atom stereocenters. The molecule has 0 aliphatic rings. The van der Waals surface area contributed by atoms with Gasteiger partial charge in [-0.2, -0.15) is 10.1 Å². The molecular weight excluding hydrogens is 398 g/mol. The Morgan fingerprint density at radius 2 is 2.10 bits per heavy atom. The van der Waals surface area contributed by atoms with Gasteiger partial charge in [-0.05, 0) is 32.9 Å². The van der Waals surface area contributed by atoms with Crippen molar-refractivity contribution in [2.75, 3.05) is 6.61 Å². The van der Waals surface area contributed by atoms with Crippen LogP contribution in [0.5, 0.6) is 0 Å². The Kier molecular flexibility index (Phi) is 5.87. The summed E-state index contributed by atoms with van der Waals surface area (Å²) in [6, 6.07) is 5.81. The fraction of sp³-hybridized carbons (Fsp3) is 0.333. The van der Waals surface area contributed by atoms with Gasteiger partial charge in [0.05, 0.1) is 21.7 Å². The Morgan fingerprint density at radius 3 is 2.76 bits per heavy atom. The van der Waals surface area contributed by atoms with Crippen LogP contribution in [0.2, 0.25) is 0 Å². The average molecular weight is 417 g/mol. The minimum Gasteiger partial charge on any atom is -0.465 e. The van der Waals surface area contributed by atoms with E-state index in [1.807, 2.05) is 13.8 Å². The normalized spacial score (nSPS) is 11.9. The number of ether oxygens (including phenoxy) is 1. The van der Waals surface area contributed by atoms with Crippen LogP contribution in [-0.2, 0) is 16.1 Å². The van der Waals surface area contributed by atoms with E-state index in [4.69, 9.17) is 4.74 Å². The maximum atomic E-state index is 12.8. The number of amides is 1. The van der Waals surface area contributed by atoms with E-state index in [1.165, 1.54) is 29.0 Å². The number of hydrogen-bond acceptors (Lipinski definition) is 7. The van der Waals surface area contributed by atoms with Crippen molar-refractivity contribution in [1.82, 2.24) is 14.3 Å². The molecule has 2 aromatic heterocycles. The van der Waals surface area contributed by atoms with E-state index in [-0.39, 0.29) is 29.7 Å². The Labute approximate surface area is 169 Å². The molecule has 0 unspecified atom stereocenters. The number of carbonyl (C=O) groups is 2. The smallest absolute Gasteiger partial charge is 0.326 e. The molecule has 29 heavy (non-hydrogen) atoms. The Balaban J connectivity index is 2.14. The average Bonchev–Trinajstić information content (AvgIpc) is 3.27. The topological polar surface area (TPSA) is 122 Å². The van der Waals surface area contributed by atoms with Crippen LogP contribution in [0.1, 0.15) is 37.3 Å². The lowest BCUT2D eigenvalue weighted by molar-refractivity contribution is -0.384. The number of carbonyl (C=O) groups excluding carboxylic acids is 2. The van der Waals surface area contributed by atoms with Gasteiger partial charge in [0.25, 0.3) is 11.6 Å². The number of nitro groups is 1. The lowest BCUT2D eigenvalue weighted by Gasteiger charge is -2.08. The van der Waals surface area contributed by atoms with E-state index >= 15 is 0 Å². The second-order valence-corrected chi connectivity index (χ2v) is 7.37. The van der Waals surface area contributed by atoms with Crippen molar-refractivity contribution in [2.45, 2.75) is 33.4 Å². The van der Waals surface area contributed by atoms with Crippen LogP contribution in [0.3, 0.4) is 0 Å². The minimum atomic E-state index is -0.519. The fourth-order valence-corrected chi connectivity index (χ4v) is 3.85. The summed E-state index contributed by atoms with van der Waals surface area (Å²) in [5.41, 5.74) is 0.779. The van der Waals surface area contributed by atoms with Gasteiger partial charge in [0.15, 0.2) is 4.80 Å². The van der Waals surface area contributed by atoms with E-state index < -0.39 is 16.8 Å². The van der Waals surface area contributed by atoms with Crippen LogP contribution in [0, 0.1) is 10.1 Å². The SMILES string of the molecule is CCOC(=O)Cn1c(=NC(=O)c2ccnn2C(C)C)sc2cc([N+](=O)[O-])ccc21. The van der Waals surface area contributed by atoms with Gasteiger partial charge in [-0.15, -0.1) is 0 Å². The van der Waals surface area contributed by atoms with Crippen molar-refractivity contribution in [3.8, 4) is 0 Å². The summed E-state index contributed by atoms with van der Waals surface area (Å²) in [6.45, 7) is 5.53. The minimum absolute atomic E-state index is 0.0316. The van der Waals surface area contributed by atoms with Gasteiger partial charge in [0.1, 0.15) is 12.2 Å². The molecule has 3 rings (SSSR count). The number of benzene rings is 1. The quantitative estimate of drug-likeness (QED) is 0.345. The van der Waals surface area contributed by atoms with E-state index in [2.05, 4.69) is 10.1 Å². The molecule has 0 spiro atoms. The molecule has 0 saturated carbocycles. The lowest BCUT2D eigenvalue weighted by atomic mass is 10.3. The fourth-order valence-electron chi connectivity index (χ4n) is 2.79. The van der Waals surface area contributed by atoms with E-state index in [1.54, 1.807) is 17.7 Å². The van der Waals surface area contributed by atoms with Gasteiger partial charge in [-0.25, -0.2) is 0 Å². The number of rotatable bonds is 6. The molecule has 0 saturated heterocycles. The molecule has 2 heterocycles. The number of nitro benzene ring substituents is 1. The molecule has 0 aliphatic carbocycles. The van der Waals surface area contributed by atoms with Gasteiger partial charge in [-0.3, -0.25) is 24.4 Å². The molecular formula is C18H19N5O5S. The summed E-state index contributed by atoms with van der Waals surface area (Å²) in [4.78, 5) is 39.8. The van der Waals surface area contributed by atoms with Crippen molar-refractivity contribution in [1.29, 1.82) is 0 Å². The molecule has 1 aromatic carbocycles. The molecule has 3 aromatic rings. The van der Waals surface area contributed by atoms with Gasteiger partial charge >= 0.3 is 5.97 Å². The zero-order valence-electron chi connectivity index (χ0n) is 16.1. The number of esters is 1. The van der Waals surface area contributed by atoms with Crippen molar-refractivity contribution >= 4 is 39.1 Å². The first kappa shape index (κ1) is 20.4. The maximum absolute atomic E-state index is 12.8. The highest BCUT2D eigenvalue weighted by atomic mass is 32.1. The highest BCUT2D eigenvalue weighted by molar-refractivity contribution is 7.16. The highest BCUT2D eigenvalue weighted by Gasteiger charge is 2.17. The first-order valence-corrected chi connectivity index (χ1v) is 9.69. The van der Waals surface area contributed by atoms with Crippen LogP contribution in [-0.4, -0.2) is 37.8 Å². The summed E-state index contributed by atoms with van der Waals surface area (Å²) in [6.07, 6.45) is 1.52. The molecule has 0 N–H and O–H groups in total. The monoisotopic (exact) mass is 417 g/mol. The van der Waals surface area contributed by atoms with Gasteiger partial charge in [0.2, 0.25) is 0 Å². The zero-order valence-corrected chi connectivity index (χ0v) is 16.9. The van der Waals surface area contributed by atoms with Gasteiger partial charge < -0.3 is 9.30 Å². The van der Waals surface area contributed by atoms with Crippen molar-refractivity contribution < 1.29 is 19.2 Å². The van der Waals surface area contributed by atoms with E-state index in [0.29, 0.717) is 15.9 Å². The van der Waals surface area contributed by atoms with Crippen molar-refractivity contribution in [2.24, 2.45) is 4.99 Å². The molecule has 0 aliphatic heterocycles. The molecule has 0 fully saturated rings. The summed E-state index contributed by atoms with van der Waals surface area (Å²) >= 11 is 1.09. The Bertz CT molecular complexity index is 1160. The van der Waals surface area contributed by atoms with Crippen LogP contribution >= 0.6 is 11.3 Å². The lowest BCUT2D eigenvalue weighted by Crippen LogP contribution is -2.23. The number of nitrogens with zero attached hydrogens (tertiary/aromatic N) is 5. The number of thiazole rings is 1. The van der Waals surface area contributed by atoms with Crippen LogP contribution < -0.4 is 4.80 Å². The second-order valence-electron chi connectivity index (χ2n) is 6.36. The molecule has 1 amide bonds. The van der Waals surface area contributed by atoms with E-state index in [9.17, 15) is 19.7 Å². The van der Waals surface area contributed by atoms with Gasteiger partial charge in [-0.1, -0.05) is 11.3 Å². The molecule has 152 valence electrons. The first-order chi connectivity index (χ1) is 13.8. The van der Waals surface area contributed by atoms with Gasteiger partial charge in [0, 0.05) is 24.4 Å². The standard InChI is InChI=1S/C18H19N5O5S/c1-4-28-16(24)10-21-13-6-5-12(23(26)27)9-15(13)29-18(21)20-17(25)14-7-8-19-22(14)11(2)3/h5-9,11H,4,10H2,1-3H3. The summed E-state index contributed by atoms with van der Waals surface area (Å²) in [7, 11) is 0. The van der Waals surface area contributed by atoms with E-state index in [0.717, 1.165) is 11.3 Å². The third kappa shape index (κ3) is 4.24. The predicted octanol–water partition coefficient (Wildman–Crippen LogP) is 2.69. The largest absolute Gasteiger partial charge is 0.465 e. The summed E-state index contributed by atoms with van der Waals surface area (Å²) in [5.74, 6) is -1.01. The second kappa shape index (κ2) is 8.35. The van der Waals surface area contributed by atoms with Crippen LogP contribution in [0.4, 0.5) is 5.69 Å². The number of hydrogen-bond donors (Lipinski definition) is 0. The van der Waals surface area contributed by atoms with Crippen LogP contribution in [0.25, 0.3) is 10.2 Å². The molecule has 0 bridgehead atoms. The number of fused-ring (bicyclic) bond motifs is 1. The number of non-ortho nitro benzene ring substituents is 1. The molecule has 0 radical (unpaired) electrons. The Morgan fingerprint density at radius 1 is 1.34 bits per heavy atom. The summed E-state index contributed by atoms with van der Waals surface area (Å²) in [5, 5.41) is 15.2. The predicted molar refractivity (Wildman–Crippen MR) is 106 cm³/mol. The maximum Gasteiger partial charge on any atom is 0.326 e. The zero-order chi connectivity index (χ0) is 21.1. The molecule has 11 heteroatoms.